The van der Waals surface area contributed by atoms with Crippen molar-refractivity contribution < 1.29 is 25.6 Å². The molecule has 0 aliphatic heterocycles. The number of hydrogen-bond donors (Lipinski definition) is 5. The molecule has 0 spiro atoms. The second kappa shape index (κ2) is 15.8. The standard InChI is InChI=1S/BH3O3.Na.H2O2/c2-1(3)4;;1-2/h2-4H;;1-2H. The first-order valence-electron chi connectivity index (χ1n) is 0.975. The molecule has 7 heavy (non-hydrogen) atoms. The normalized spacial score (nSPS) is 4.71. The molecule has 1 radical (unpaired) electrons. The predicted octanol–water partition coefficient (Wildman–Crippen LogP) is -2.42. The quantitative estimate of drug-likeness (QED) is 0.139. The van der Waals surface area contributed by atoms with Crippen molar-refractivity contribution in [2.45, 2.75) is 0 Å². The summed E-state index contributed by atoms with van der Waals surface area (Å²) in [6.45, 7) is 0. The van der Waals surface area contributed by atoms with Crippen molar-refractivity contribution in [1.82, 2.24) is 0 Å². The molecule has 0 saturated heterocycles. The molecule has 0 bridgehead atoms. The Balaban J connectivity index is -0.0000000480. The topological polar surface area (TPSA) is 101 Å². The van der Waals surface area contributed by atoms with Gasteiger partial charge in [-0.2, -0.15) is 0 Å². The Morgan fingerprint density at radius 1 is 0.857 bits per heavy atom. The summed E-state index contributed by atoms with van der Waals surface area (Å²) in [7, 11) is -2.17. The molecule has 0 heterocycles. The summed E-state index contributed by atoms with van der Waals surface area (Å²) >= 11 is 0. The van der Waals surface area contributed by atoms with Gasteiger partial charge in [-0.15, -0.1) is 0 Å². The second-order valence-electron chi connectivity index (χ2n) is 0.346. The van der Waals surface area contributed by atoms with Gasteiger partial charge in [0.05, 0.1) is 0 Å². The van der Waals surface area contributed by atoms with Gasteiger partial charge in [0.1, 0.15) is 0 Å². The Morgan fingerprint density at radius 3 is 0.857 bits per heavy atom. The van der Waals surface area contributed by atoms with Crippen LogP contribution in [0.5, 0.6) is 0 Å². The van der Waals surface area contributed by atoms with Crippen molar-refractivity contribution in [2.24, 2.45) is 0 Å². The zero-order valence-corrected chi connectivity index (χ0v) is 5.81. The van der Waals surface area contributed by atoms with Crippen molar-refractivity contribution >= 4 is 36.9 Å². The molecule has 0 saturated carbocycles. The zero-order valence-electron chi connectivity index (χ0n) is 3.81. The van der Waals surface area contributed by atoms with Gasteiger partial charge < -0.3 is 15.1 Å². The third kappa shape index (κ3) is 217. The van der Waals surface area contributed by atoms with Crippen LogP contribution in [0.15, 0.2) is 0 Å². The SMILES string of the molecule is OB(O)O.OO.[Na]. The van der Waals surface area contributed by atoms with Crippen LogP contribution >= 0.6 is 0 Å². The molecule has 0 aromatic carbocycles. The maximum atomic E-state index is 7.17. The summed E-state index contributed by atoms with van der Waals surface area (Å²) in [4.78, 5) is 0. The van der Waals surface area contributed by atoms with Crippen LogP contribution in [0.25, 0.3) is 0 Å². The van der Waals surface area contributed by atoms with Crippen LogP contribution in [0, 0.1) is 0 Å². The summed E-state index contributed by atoms with van der Waals surface area (Å²) in [6, 6.07) is 0. The van der Waals surface area contributed by atoms with Gasteiger partial charge in [0.25, 0.3) is 0 Å². The van der Waals surface area contributed by atoms with Gasteiger partial charge in [-0.25, -0.2) is 0 Å². The van der Waals surface area contributed by atoms with E-state index in [-0.39, 0.29) is 29.6 Å². The average molecular weight is 119 g/mol. The van der Waals surface area contributed by atoms with Crippen LogP contribution in [-0.4, -0.2) is 62.5 Å². The maximum absolute atomic E-state index is 7.17. The van der Waals surface area contributed by atoms with Crippen LogP contribution in [-0.2, 0) is 0 Å². The molecule has 0 fully saturated rings. The van der Waals surface area contributed by atoms with E-state index in [9.17, 15) is 0 Å². The fourth-order valence-electron chi connectivity index (χ4n) is 0. The van der Waals surface area contributed by atoms with Crippen molar-refractivity contribution in [1.29, 1.82) is 0 Å². The Kier molecular flexibility index (Phi) is 35.4. The summed E-state index contributed by atoms with van der Waals surface area (Å²) < 4.78 is 0. The minimum Gasteiger partial charge on any atom is -0.402 e. The Morgan fingerprint density at radius 2 is 0.857 bits per heavy atom. The van der Waals surface area contributed by atoms with E-state index < -0.39 is 7.32 Å². The minimum atomic E-state index is -2.17. The molecule has 0 aliphatic carbocycles. The zero-order chi connectivity index (χ0) is 5.58. The maximum Gasteiger partial charge on any atom is 0.631 e. The smallest absolute Gasteiger partial charge is 0.402 e. The fourth-order valence-corrected chi connectivity index (χ4v) is 0. The molecule has 0 atom stereocenters. The second-order valence-corrected chi connectivity index (χ2v) is 0.346. The van der Waals surface area contributed by atoms with E-state index in [0.717, 1.165) is 0 Å². The summed E-state index contributed by atoms with van der Waals surface area (Å²) in [5.74, 6) is 0. The van der Waals surface area contributed by atoms with Crippen LogP contribution in [0.1, 0.15) is 0 Å². The van der Waals surface area contributed by atoms with Gasteiger partial charge in [-0.05, 0) is 0 Å². The first-order valence-corrected chi connectivity index (χ1v) is 0.975. The Bertz CT molecular complexity index is 12.8. The molecular formula is H5BNaO5. The van der Waals surface area contributed by atoms with Crippen LogP contribution in [0.3, 0.4) is 0 Å². The van der Waals surface area contributed by atoms with E-state index in [2.05, 4.69) is 0 Å². The van der Waals surface area contributed by atoms with E-state index in [1.165, 1.54) is 0 Å². The van der Waals surface area contributed by atoms with Crippen LogP contribution in [0.4, 0.5) is 0 Å². The van der Waals surface area contributed by atoms with Gasteiger partial charge >= 0.3 is 7.32 Å². The molecule has 0 rings (SSSR count). The van der Waals surface area contributed by atoms with Gasteiger partial charge in [0.2, 0.25) is 0 Å². The van der Waals surface area contributed by atoms with E-state index in [4.69, 9.17) is 25.6 Å². The summed E-state index contributed by atoms with van der Waals surface area (Å²) in [6.07, 6.45) is 0. The molecule has 0 amide bonds. The van der Waals surface area contributed by atoms with E-state index in [1.807, 2.05) is 0 Å². The molecule has 0 unspecified atom stereocenters. The van der Waals surface area contributed by atoms with E-state index in [0.29, 0.717) is 0 Å². The molecule has 7 heteroatoms. The first kappa shape index (κ1) is 15.7. The van der Waals surface area contributed by atoms with Crippen LogP contribution in [0.2, 0.25) is 0 Å². The molecular weight excluding hydrogens is 114 g/mol. The molecule has 5 N–H and O–H groups in total. The summed E-state index contributed by atoms with van der Waals surface area (Å²) in [5, 5.41) is 33.5. The van der Waals surface area contributed by atoms with E-state index in [1.54, 1.807) is 0 Å². The van der Waals surface area contributed by atoms with Gasteiger partial charge in [0.15, 0.2) is 0 Å². The van der Waals surface area contributed by atoms with Crippen molar-refractivity contribution in [3.05, 3.63) is 0 Å². The van der Waals surface area contributed by atoms with Crippen molar-refractivity contribution in [3.8, 4) is 0 Å². The molecule has 39 valence electrons. The van der Waals surface area contributed by atoms with Gasteiger partial charge in [-0.3, -0.25) is 10.5 Å². The van der Waals surface area contributed by atoms with Gasteiger partial charge in [-0.1, -0.05) is 0 Å². The average Bonchev–Trinajstić information content (AvgIpc) is 1.41. The number of rotatable bonds is 0. The number of hydrogen-bond acceptors (Lipinski definition) is 5. The van der Waals surface area contributed by atoms with Gasteiger partial charge in [0, 0.05) is 29.6 Å². The Labute approximate surface area is 62.6 Å². The fraction of sp³-hybridized carbons (Fsp3) is 0. The molecule has 0 aromatic heterocycles. The largest absolute Gasteiger partial charge is 0.631 e. The molecule has 0 aromatic rings. The van der Waals surface area contributed by atoms with Crippen molar-refractivity contribution in [3.63, 3.8) is 0 Å². The molecule has 0 aliphatic rings. The predicted molar refractivity (Wildman–Crippen MR) is 23.4 cm³/mol. The minimum absolute atomic E-state index is 0. The summed E-state index contributed by atoms with van der Waals surface area (Å²) in [5.41, 5.74) is 0. The third-order valence-electron chi connectivity index (χ3n) is 0. The van der Waals surface area contributed by atoms with Crippen LogP contribution < -0.4 is 0 Å². The first-order chi connectivity index (χ1) is 2.73. The molecule has 5 nitrogen and oxygen atoms in total. The third-order valence-corrected chi connectivity index (χ3v) is 0. The Hall–Kier alpha value is 0.865. The monoisotopic (exact) mass is 119 g/mol. The van der Waals surface area contributed by atoms with Crippen molar-refractivity contribution in [2.75, 3.05) is 0 Å². The van der Waals surface area contributed by atoms with E-state index >= 15 is 0 Å².